The van der Waals surface area contributed by atoms with Crippen LogP contribution in [0, 0.1) is 0 Å². The van der Waals surface area contributed by atoms with Crippen LogP contribution in [0.1, 0.15) is 53.4 Å². The number of aliphatic hydroxyl groups is 1. The highest BCUT2D eigenvalue weighted by Gasteiger charge is 2.51. The molecule has 296 valence electrons. The summed E-state index contributed by atoms with van der Waals surface area (Å²) in [6.45, 7) is 2.37. The molecule has 3 N–H and O–H groups in total. The maximum Gasteiger partial charge on any atom is 0.264 e. The van der Waals surface area contributed by atoms with Crippen LogP contribution in [0.25, 0.3) is 10.9 Å². The van der Waals surface area contributed by atoms with Crippen LogP contribution in [-0.2, 0) is 30.9 Å². The normalized spacial score (nSPS) is 22.2. The van der Waals surface area contributed by atoms with Crippen molar-refractivity contribution in [1.29, 1.82) is 0 Å². The van der Waals surface area contributed by atoms with E-state index in [1.165, 1.54) is 0 Å². The zero-order valence-corrected chi connectivity index (χ0v) is 32.7. The summed E-state index contributed by atoms with van der Waals surface area (Å²) in [6.07, 6.45) is 1.25. The fourth-order valence-electron chi connectivity index (χ4n) is 8.81. The lowest BCUT2D eigenvalue weighted by Crippen LogP contribution is -2.57. The van der Waals surface area contributed by atoms with Crippen LogP contribution in [-0.4, -0.2) is 67.3 Å². The van der Waals surface area contributed by atoms with Gasteiger partial charge in [0.15, 0.2) is 6.29 Å². The number of rotatable bonds is 10. The van der Waals surface area contributed by atoms with Crippen molar-refractivity contribution < 1.29 is 27.8 Å². The van der Waals surface area contributed by atoms with Crippen LogP contribution in [0.2, 0.25) is 0 Å². The number of fused-ring (bicyclic) bond motifs is 1. The van der Waals surface area contributed by atoms with E-state index in [1.54, 1.807) is 42.6 Å². The molecule has 3 aliphatic heterocycles. The number of para-hydroxylation sites is 2. The third kappa shape index (κ3) is 7.34. The molecule has 1 amide bonds. The molecule has 11 nitrogen and oxygen atoms in total. The minimum Gasteiger partial charge on any atom is -0.392 e. The number of aliphatic hydroxyl groups excluding tert-OH is 1. The maximum atomic E-state index is 13.8. The number of carbonyl (C=O) groups excluding carboxylic acids is 1. The maximum absolute atomic E-state index is 13.8. The van der Waals surface area contributed by atoms with Crippen LogP contribution in [0.4, 0.5) is 11.4 Å². The molecule has 4 atom stereocenters. The zero-order chi connectivity index (χ0) is 39.7. The predicted molar refractivity (Wildman–Crippen MR) is 222 cm³/mol. The van der Waals surface area contributed by atoms with Crippen molar-refractivity contribution in [2.24, 2.45) is 0 Å². The van der Waals surface area contributed by atoms with Gasteiger partial charge in [-0.3, -0.25) is 14.5 Å². The number of likely N-dealkylation sites (tertiary alicyclic amines) is 1. The summed E-state index contributed by atoms with van der Waals surface area (Å²) in [5, 5.41) is 13.7. The second-order valence-electron chi connectivity index (χ2n) is 15.2. The zero-order valence-electron chi connectivity index (χ0n) is 31.9. The number of anilines is 2. The Morgan fingerprint density at radius 1 is 0.793 bits per heavy atom. The molecule has 12 heteroatoms. The van der Waals surface area contributed by atoms with Crippen LogP contribution >= 0.6 is 0 Å². The van der Waals surface area contributed by atoms with E-state index in [1.807, 2.05) is 78.9 Å². The highest BCUT2D eigenvalue weighted by molar-refractivity contribution is 7.93. The highest BCUT2D eigenvalue weighted by Crippen LogP contribution is 2.48. The molecule has 0 radical (unpaired) electrons. The number of pyridine rings is 1. The van der Waals surface area contributed by atoms with E-state index in [4.69, 9.17) is 9.47 Å². The van der Waals surface area contributed by atoms with E-state index >= 15 is 0 Å². The Morgan fingerprint density at radius 2 is 1.50 bits per heavy atom. The molecular formula is C46H45N5O6S. The lowest BCUT2D eigenvalue weighted by Gasteiger charge is -2.47. The first-order valence-electron chi connectivity index (χ1n) is 19.7. The number of hydrogen-bond acceptors (Lipinski definition) is 9. The van der Waals surface area contributed by atoms with Crippen LogP contribution < -0.4 is 14.9 Å². The number of ether oxygens (including phenoxy) is 2. The fourth-order valence-corrected chi connectivity index (χ4v) is 10.0. The second kappa shape index (κ2) is 16.0. The van der Waals surface area contributed by atoms with Gasteiger partial charge < -0.3 is 29.7 Å². The summed E-state index contributed by atoms with van der Waals surface area (Å²) in [6, 6.07) is 44.0. The average molecular weight is 796 g/mol. The molecule has 0 aliphatic carbocycles. The number of nitrogens with one attached hydrogen (secondary N) is 2. The SMILES string of the molecule is O=C1NCN(c2ccccc2)C12CCN(C[C@H]1OC(c3cccc(NS(=O)(=O)c4cccc5cccnc45)c3)O[C@@H](c3ccc(CO)cc3)[C@@H]1c1ccccc1)CC2. The number of benzene rings is 5. The molecule has 1 aromatic heterocycles. The van der Waals surface area contributed by atoms with E-state index in [0.29, 0.717) is 55.9 Å². The molecule has 3 saturated heterocycles. The van der Waals surface area contributed by atoms with Gasteiger partial charge in [0.1, 0.15) is 10.4 Å². The molecule has 4 heterocycles. The van der Waals surface area contributed by atoms with Crippen LogP contribution in [0.15, 0.2) is 151 Å². The summed E-state index contributed by atoms with van der Waals surface area (Å²) in [7, 11) is -4.01. The molecule has 9 rings (SSSR count). The van der Waals surface area contributed by atoms with Gasteiger partial charge in [-0.15, -0.1) is 0 Å². The topological polar surface area (TPSA) is 133 Å². The number of sulfonamides is 1. The first-order chi connectivity index (χ1) is 28.3. The monoisotopic (exact) mass is 795 g/mol. The summed E-state index contributed by atoms with van der Waals surface area (Å²) in [5.41, 5.74) is 4.61. The molecule has 6 aromatic rings. The Labute approximate surface area is 338 Å². The molecule has 0 bridgehead atoms. The van der Waals surface area contributed by atoms with Crippen LogP contribution in [0.3, 0.4) is 0 Å². The first kappa shape index (κ1) is 37.9. The quantitative estimate of drug-likeness (QED) is 0.136. The smallest absolute Gasteiger partial charge is 0.264 e. The lowest BCUT2D eigenvalue weighted by atomic mass is 9.82. The Kier molecular flexibility index (Phi) is 10.4. The third-order valence-electron chi connectivity index (χ3n) is 11.8. The average Bonchev–Trinajstić information content (AvgIpc) is 3.58. The first-order valence-corrected chi connectivity index (χ1v) is 21.2. The van der Waals surface area contributed by atoms with E-state index in [2.05, 4.69) is 49.1 Å². The van der Waals surface area contributed by atoms with Crippen molar-refractivity contribution in [3.63, 3.8) is 0 Å². The molecule has 1 unspecified atom stereocenters. The van der Waals surface area contributed by atoms with E-state index in [0.717, 1.165) is 27.8 Å². The van der Waals surface area contributed by atoms with Crippen molar-refractivity contribution in [3.05, 3.63) is 168 Å². The Bertz CT molecular complexity index is 2490. The van der Waals surface area contributed by atoms with Crippen molar-refractivity contribution in [2.75, 3.05) is 35.9 Å². The largest absolute Gasteiger partial charge is 0.392 e. The van der Waals surface area contributed by atoms with Gasteiger partial charge in [-0.25, -0.2) is 8.42 Å². The fraction of sp³-hybridized carbons (Fsp3) is 0.261. The minimum atomic E-state index is -4.01. The van der Waals surface area contributed by atoms with Gasteiger partial charge in [0, 0.05) is 54.1 Å². The van der Waals surface area contributed by atoms with Gasteiger partial charge >= 0.3 is 0 Å². The minimum absolute atomic E-state index is 0.0687. The summed E-state index contributed by atoms with van der Waals surface area (Å²) < 4.78 is 44.4. The number of carbonyl (C=O) groups is 1. The van der Waals surface area contributed by atoms with Gasteiger partial charge in [0.2, 0.25) is 5.91 Å². The van der Waals surface area contributed by atoms with Crippen molar-refractivity contribution in [2.45, 2.75) is 54.3 Å². The Morgan fingerprint density at radius 3 is 2.26 bits per heavy atom. The lowest BCUT2D eigenvalue weighted by molar-refractivity contribution is -0.264. The van der Waals surface area contributed by atoms with Gasteiger partial charge in [-0.05, 0) is 65.9 Å². The molecule has 3 aliphatic rings. The summed E-state index contributed by atoms with van der Waals surface area (Å²) >= 11 is 0. The molecule has 5 aromatic carbocycles. The molecule has 0 saturated carbocycles. The van der Waals surface area contributed by atoms with E-state index in [9.17, 15) is 18.3 Å². The van der Waals surface area contributed by atoms with Crippen molar-refractivity contribution >= 4 is 38.2 Å². The third-order valence-corrected chi connectivity index (χ3v) is 13.2. The van der Waals surface area contributed by atoms with Gasteiger partial charge in [0.05, 0.1) is 31.0 Å². The van der Waals surface area contributed by atoms with Gasteiger partial charge in [0.25, 0.3) is 10.0 Å². The number of piperidine rings is 1. The number of hydrogen-bond donors (Lipinski definition) is 3. The molecular weight excluding hydrogens is 751 g/mol. The van der Waals surface area contributed by atoms with Crippen molar-refractivity contribution in [3.8, 4) is 0 Å². The van der Waals surface area contributed by atoms with E-state index in [-0.39, 0.29) is 29.4 Å². The van der Waals surface area contributed by atoms with Gasteiger partial charge in [-0.1, -0.05) is 103 Å². The Balaban J connectivity index is 1.03. The number of amides is 1. The number of aromatic nitrogens is 1. The standard InChI is InChI=1S/C46H45N5O6S/c52-30-32-19-21-35(22-20-32)43-41(33-10-3-1-4-11-33)39(29-50-26-23-46(24-27-50)45(53)48-31-51(46)38-16-5-2-6-17-38)56-44(57-43)36-13-7-15-37(28-36)49-58(54,55)40-18-8-12-34-14-9-25-47-42(34)40/h1-22,25,28,39,41,43-44,49,52H,23-24,26-27,29-31H2,(H,48,53)/t39-,41-,43+,44?/m1/s1. The number of nitrogens with zero attached hydrogens (tertiary/aromatic N) is 3. The van der Waals surface area contributed by atoms with E-state index < -0.39 is 28.0 Å². The molecule has 1 spiro atoms. The van der Waals surface area contributed by atoms with Crippen molar-refractivity contribution in [1.82, 2.24) is 15.2 Å². The summed E-state index contributed by atoms with van der Waals surface area (Å²) in [5.74, 6) is -0.149. The predicted octanol–water partition coefficient (Wildman–Crippen LogP) is 6.90. The molecule has 58 heavy (non-hydrogen) atoms. The summed E-state index contributed by atoms with van der Waals surface area (Å²) in [4.78, 5) is 22.5. The van der Waals surface area contributed by atoms with Gasteiger partial charge in [-0.2, -0.15) is 0 Å². The van der Waals surface area contributed by atoms with Crippen LogP contribution in [0.5, 0.6) is 0 Å². The molecule has 3 fully saturated rings. The highest BCUT2D eigenvalue weighted by atomic mass is 32.2. The Hall–Kier alpha value is -5.63. The second-order valence-corrected chi connectivity index (χ2v) is 16.9.